The second-order valence-corrected chi connectivity index (χ2v) is 5.49. The molecule has 1 fully saturated rings. The molecule has 2 aliphatic rings. The normalized spacial score (nSPS) is 35.4. The van der Waals surface area contributed by atoms with Gasteiger partial charge in [-0.05, 0) is 41.7 Å². The first-order valence-electron chi connectivity index (χ1n) is 5.36. The van der Waals surface area contributed by atoms with Crippen molar-refractivity contribution in [1.82, 2.24) is 0 Å². The molecule has 0 spiro atoms. The van der Waals surface area contributed by atoms with Gasteiger partial charge in [-0.3, -0.25) is 4.79 Å². The molecule has 2 rings (SSSR count). The Labute approximate surface area is 85.0 Å². The summed E-state index contributed by atoms with van der Waals surface area (Å²) in [7, 11) is 0. The number of hydrogen-bond donors (Lipinski definition) is 1. The molecular formula is C12H18O2. The van der Waals surface area contributed by atoms with Gasteiger partial charge in [0.15, 0.2) is 5.78 Å². The molecule has 2 unspecified atom stereocenters. The van der Waals surface area contributed by atoms with Gasteiger partial charge in [0.05, 0.1) is 6.61 Å². The number of fused-ring (bicyclic) bond motifs is 1. The van der Waals surface area contributed by atoms with Crippen LogP contribution in [0.2, 0.25) is 0 Å². The van der Waals surface area contributed by atoms with Crippen molar-refractivity contribution in [2.75, 3.05) is 6.61 Å². The Balaban J connectivity index is 2.25. The lowest BCUT2D eigenvalue weighted by Gasteiger charge is -2.24. The minimum atomic E-state index is 0.0585. The lowest BCUT2D eigenvalue weighted by Crippen LogP contribution is -2.22. The van der Waals surface area contributed by atoms with Crippen LogP contribution in [0.5, 0.6) is 0 Å². The summed E-state index contributed by atoms with van der Waals surface area (Å²) in [5.74, 6) is 1.16. The molecule has 1 N–H and O–H groups in total. The van der Waals surface area contributed by atoms with Crippen LogP contribution in [0.4, 0.5) is 0 Å². The van der Waals surface area contributed by atoms with Crippen molar-refractivity contribution in [3.05, 3.63) is 11.6 Å². The molecular weight excluding hydrogens is 176 g/mol. The summed E-state index contributed by atoms with van der Waals surface area (Å²) in [6.45, 7) is 4.57. The molecule has 0 aromatic carbocycles. The molecule has 2 aliphatic carbocycles. The first-order chi connectivity index (χ1) is 6.52. The van der Waals surface area contributed by atoms with E-state index in [0.29, 0.717) is 23.7 Å². The van der Waals surface area contributed by atoms with Crippen LogP contribution in [0.15, 0.2) is 11.6 Å². The van der Waals surface area contributed by atoms with Crippen molar-refractivity contribution in [2.24, 2.45) is 17.3 Å². The second kappa shape index (κ2) is 3.20. The third-order valence-electron chi connectivity index (χ3n) is 3.62. The fourth-order valence-corrected chi connectivity index (χ4v) is 3.14. The average molecular weight is 194 g/mol. The minimum absolute atomic E-state index is 0.0585. The maximum Gasteiger partial charge on any atom is 0.156 e. The van der Waals surface area contributed by atoms with E-state index in [2.05, 4.69) is 13.8 Å². The SMILES string of the molecule is CC1(C)CC2CC(=O)C=C(CO)C2C1. The third kappa shape index (κ3) is 1.63. The number of carbonyl (C=O) groups excluding carboxylic acids is 1. The van der Waals surface area contributed by atoms with E-state index in [1.165, 1.54) is 0 Å². The molecule has 78 valence electrons. The van der Waals surface area contributed by atoms with E-state index in [4.69, 9.17) is 0 Å². The van der Waals surface area contributed by atoms with Crippen molar-refractivity contribution in [3.8, 4) is 0 Å². The molecule has 2 heteroatoms. The number of ketones is 1. The van der Waals surface area contributed by atoms with Gasteiger partial charge in [0, 0.05) is 6.42 Å². The number of allylic oxidation sites excluding steroid dienone is 1. The smallest absolute Gasteiger partial charge is 0.156 e. The lowest BCUT2D eigenvalue weighted by molar-refractivity contribution is -0.116. The van der Waals surface area contributed by atoms with Crippen LogP contribution in [0.25, 0.3) is 0 Å². The van der Waals surface area contributed by atoms with Crippen LogP contribution in [0.3, 0.4) is 0 Å². The summed E-state index contributed by atoms with van der Waals surface area (Å²) in [4.78, 5) is 11.4. The molecule has 0 aliphatic heterocycles. The largest absolute Gasteiger partial charge is 0.392 e. The second-order valence-electron chi connectivity index (χ2n) is 5.49. The Morgan fingerprint density at radius 1 is 1.50 bits per heavy atom. The standard InChI is InChI=1S/C12H18O2/c1-12(2)5-8-3-10(14)4-9(7-13)11(8)6-12/h4,8,11,13H,3,5-7H2,1-2H3. The van der Waals surface area contributed by atoms with Crippen LogP contribution in [-0.2, 0) is 4.79 Å². The van der Waals surface area contributed by atoms with Crippen molar-refractivity contribution in [1.29, 1.82) is 0 Å². The number of aliphatic hydroxyl groups excluding tert-OH is 1. The van der Waals surface area contributed by atoms with Gasteiger partial charge in [-0.1, -0.05) is 13.8 Å². The maximum absolute atomic E-state index is 11.4. The summed E-state index contributed by atoms with van der Waals surface area (Å²) in [5, 5.41) is 9.21. The number of rotatable bonds is 1. The van der Waals surface area contributed by atoms with E-state index < -0.39 is 0 Å². The van der Waals surface area contributed by atoms with Gasteiger partial charge in [0.2, 0.25) is 0 Å². The molecule has 0 aromatic heterocycles. The predicted molar refractivity (Wildman–Crippen MR) is 54.8 cm³/mol. The molecule has 2 nitrogen and oxygen atoms in total. The van der Waals surface area contributed by atoms with E-state index in [1.54, 1.807) is 6.08 Å². The Bertz CT molecular complexity index is 289. The highest BCUT2D eigenvalue weighted by Crippen LogP contribution is 2.50. The van der Waals surface area contributed by atoms with E-state index in [1.807, 2.05) is 0 Å². The van der Waals surface area contributed by atoms with Crippen LogP contribution >= 0.6 is 0 Å². The summed E-state index contributed by atoms with van der Waals surface area (Å²) in [6.07, 6.45) is 4.61. The highest BCUT2D eigenvalue weighted by atomic mass is 16.3. The lowest BCUT2D eigenvalue weighted by atomic mass is 9.80. The first kappa shape index (κ1) is 9.91. The zero-order valence-corrected chi connectivity index (χ0v) is 8.92. The molecule has 1 saturated carbocycles. The Hall–Kier alpha value is -0.630. The Morgan fingerprint density at radius 2 is 2.21 bits per heavy atom. The van der Waals surface area contributed by atoms with Gasteiger partial charge in [-0.25, -0.2) is 0 Å². The van der Waals surface area contributed by atoms with Gasteiger partial charge in [0.25, 0.3) is 0 Å². The highest BCUT2D eigenvalue weighted by Gasteiger charge is 2.43. The van der Waals surface area contributed by atoms with Gasteiger partial charge in [0.1, 0.15) is 0 Å². The van der Waals surface area contributed by atoms with Gasteiger partial charge >= 0.3 is 0 Å². The van der Waals surface area contributed by atoms with Crippen molar-refractivity contribution in [3.63, 3.8) is 0 Å². The van der Waals surface area contributed by atoms with Gasteiger partial charge in [-0.15, -0.1) is 0 Å². The summed E-state index contributed by atoms with van der Waals surface area (Å²) in [5.41, 5.74) is 1.31. The fourth-order valence-electron chi connectivity index (χ4n) is 3.14. The van der Waals surface area contributed by atoms with E-state index in [-0.39, 0.29) is 12.4 Å². The zero-order chi connectivity index (χ0) is 10.3. The highest BCUT2D eigenvalue weighted by molar-refractivity contribution is 5.91. The zero-order valence-electron chi connectivity index (χ0n) is 8.92. The summed E-state index contributed by atoms with van der Waals surface area (Å²) >= 11 is 0. The summed E-state index contributed by atoms with van der Waals surface area (Å²) in [6, 6.07) is 0. The summed E-state index contributed by atoms with van der Waals surface area (Å²) < 4.78 is 0. The molecule has 0 aromatic rings. The van der Waals surface area contributed by atoms with Crippen LogP contribution < -0.4 is 0 Å². The van der Waals surface area contributed by atoms with Crippen molar-refractivity contribution in [2.45, 2.75) is 33.1 Å². The minimum Gasteiger partial charge on any atom is -0.392 e. The van der Waals surface area contributed by atoms with E-state index >= 15 is 0 Å². The van der Waals surface area contributed by atoms with Crippen LogP contribution in [0, 0.1) is 17.3 Å². The fraction of sp³-hybridized carbons (Fsp3) is 0.750. The van der Waals surface area contributed by atoms with E-state index in [9.17, 15) is 9.90 Å². The molecule has 0 radical (unpaired) electrons. The number of hydrogen-bond acceptors (Lipinski definition) is 2. The molecule has 2 atom stereocenters. The molecule has 0 bridgehead atoms. The first-order valence-corrected chi connectivity index (χ1v) is 5.36. The number of aliphatic hydroxyl groups is 1. The van der Waals surface area contributed by atoms with Crippen LogP contribution in [0.1, 0.15) is 33.1 Å². The molecule has 0 saturated heterocycles. The van der Waals surface area contributed by atoms with Gasteiger partial charge in [-0.2, -0.15) is 0 Å². The predicted octanol–water partition coefficient (Wildman–Crippen LogP) is 1.93. The monoisotopic (exact) mass is 194 g/mol. The molecule has 14 heavy (non-hydrogen) atoms. The molecule has 0 amide bonds. The average Bonchev–Trinajstić information content (AvgIpc) is 2.37. The van der Waals surface area contributed by atoms with Crippen LogP contribution in [-0.4, -0.2) is 17.5 Å². The van der Waals surface area contributed by atoms with Gasteiger partial charge < -0.3 is 5.11 Å². The van der Waals surface area contributed by atoms with Crippen molar-refractivity contribution < 1.29 is 9.90 Å². The quantitative estimate of drug-likeness (QED) is 0.692. The molecule has 0 heterocycles. The Morgan fingerprint density at radius 3 is 2.86 bits per heavy atom. The maximum atomic E-state index is 11.4. The third-order valence-corrected chi connectivity index (χ3v) is 3.62. The Kier molecular flexibility index (Phi) is 2.26. The topological polar surface area (TPSA) is 37.3 Å². The number of carbonyl (C=O) groups is 1. The van der Waals surface area contributed by atoms with Crippen molar-refractivity contribution >= 4 is 5.78 Å². The van der Waals surface area contributed by atoms with E-state index in [0.717, 1.165) is 18.4 Å².